The fraction of sp³-hybridized carbons (Fsp3) is 0.250. The molecule has 0 bridgehead atoms. The second-order valence-electron chi connectivity index (χ2n) is 2.62. The van der Waals surface area contributed by atoms with Crippen LogP contribution in [0.3, 0.4) is 0 Å². The van der Waals surface area contributed by atoms with E-state index in [1.807, 2.05) is 30.3 Å². The summed E-state index contributed by atoms with van der Waals surface area (Å²) in [7, 11) is -7.49. The van der Waals surface area contributed by atoms with Gasteiger partial charge in [-0.2, -0.15) is 0 Å². The predicted molar refractivity (Wildman–Crippen MR) is 64.1 cm³/mol. The Bertz CT molecular complexity index is 419. The van der Waals surface area contributed by atoms with Crippen LogP contribution in [0.5, 0.6) is 0 Å². The van der Waals surface area contributed by atoms with E-state index in [1.54, 1.807) is 0 Å². The van der Waals surface area contributed by atoms with E-state index < -0.39 is 20.0 Å². The summed E-state index contributed by atoms with van der Waals surface area (Å²) in [4.78, 5) is 0. The molecule has 9 heteroatoms. The Morgan fingerprint density at radius 2 is 1.24 bits per heavy atom. The summed E-state index contributed by atoms with van der Waals surface area (Å²) in [6, 6.07) is 12.5. The molecule has 0 aliphatic rings. The van der Waals surface area contributed by atoms with Gasteiger partial charge >= 0.3 is 0 Å². The maximum Gasteiger partial charge on any atom is 0.0801 e. The Labute approximate surface area is 126 Å². The molecule has 4 radical (unpaired) electrons. The van der Waals surface area contributed by atoms with Crippen molar-refractivity contribution in [2.75, 3.05) is 12.5 Å². The minimum absolute atomic E-state index is 0. The first-order chi connectivity index (χ1) is 6.71. The van der Waals surface area contributed by atoms with E-state index in [-0.39, 0.29) is 36.8 Å². The monoisotopic (exact) mass is 405 g/mol. The summed E-state index contributed by atoms with van der Waals surface area (Å²) in [5, 5.41) is 0. The van der Waals surface area contributed by atoms with E-state index in [1.165, 1.54) is 0 Å². The largest absolute Gasteiger partial charge is 1.00 e. The molecule has 5 nitrogen and oxygen atoms in total. The zero-order valence-electron chi connectivity index (χ0n) is 9.11. The molecule has 0 aliphatic carbocycles. The minimum Gasteiger partial charge on any atom is -1.00 e. The van der Waals surface area contributed by atoms with Gasteiger partial charge in [0.1, 0.15) is 0 Å². The number of hydrogen-bond acceptors (Lipinski definition) is 4. The zero-order valence-corrected chi connectivity index (χ0v) is 14.1. The van der Waals surface area contributed by atoms with Crippen molar-refractivity contribution in [2.24, 2.45) is 0 Å². The van der Waals surface area contributed by atoms with Gasteiger partial charge in [-0.3, -0.25) is 0 Å². The minimum atomic E-state index is -3.74. The fourth-order valence-electron chi connectivity index (χ4n) is 0.588. The first kappa shape index (κ1) is 22.4. The van der Waals surface area contributed by atoms with Gasteiger partial charge in [0.2, 0.25) is 0 Å². The quantitative estimate of drug-likeness (QED) is 0.504. The molecule has 0 aliphatic heterocycles. The molecule has 0 N–H and O–H groups in total. The summed E-state index contributed by atoms with van der Waals surface area (Å²) < 4.78 is 42.9. The van der Waals surface area contributed by atoms with Gasteiger partial charge in [-0.25, -0.2) is 16.8 Å². The topological polar surface area (TPSA) is 82.4 Å². The Morgan fingerprint density at radius 3 is 1.29 bits per heavy atom. The van der Waals surface area contributed by atoms with Crippen LogP contribution in [0, 0.1) is 6.07 Å². The predicted octanol–water partition coefficient (Wildman–Crippen LogP) is -2.61. The molecular weight excluding hydrogens is 395 g/mol. The molecule has 0 aromatic heterocycles. The van der Waals surface area contributed by atoms with Crippen LogP contribution in [-0.4, -0.2) is 53.8 Å². The smallest absolute Gasteiger partial charge is 0.0801 e. The van der Waals surface area contributed by atoms with E-state index in [0.29, 0.717) is 12.5 Å². The van der Waals surface area contributed by atoms with Crippen molar-refractivity contribution in [3.8, 4) is 0 Å². The van der Waals surface area contributed by atoms with Crippen molar-refractivity contribution in [1.29, 1.82) is 0 Å². The molecule has 1 aromatic carbocycles. The molecule has 0 atom stereocenters. The molecule has 0 unspecified atom stereocenters. The Kier molecular flexibility index (Phi) is 13.3. The average Bonchev–Trinajstić information content (AvgIpc) is 2.01. The molecule has 98 valence electrons. The third kappa shape index (κ3) is 21.9. The Morgan fingerprint density at radius 1 is 0.882 bits per heavy atom. The summed E-state index contributed by atoms with van der Waals surface area (Å²) >= 11 is 0. The SMILES string of the molecule is CS(=O)(=O)[N-]S(C)(=O)=O.[Cl-].[Sb].[c]1ccccc1. The van der Waals surface area contributed by atoms with Crippen LogP contribution in [0.25, 0.3) is 4.13 Å². The zero-order chi connectivity index (χ0) is 11.9. The van der Waals surface area contributed by atoms with Crippen molar-refractivity contribution < 1.29 is 29.2 Å². The van der Waals surface area contributed by atoms with E-state index >= 15 is 0 Å². The maximum absolute atomic E-state index is 10.1. The first-order valence-corrected chi connectivity index (χ1v) is 7.46. The normalized spacial score (nSPS) is 10.0. The van der Waals surface area contributed by atoms with E-state index in [4.69, 9.17) is 0 Å². The van der Waals surface area contributed by atoms with Crippen molar-refractivity contribution in [1.82, 2.24) is 0 Å². The summed E-state index contributed by atoms with van der Waals surface area (Å²) in [5.41, 5.74) is 0. The van der Waals surface area contributed by atoms with Gasteiger partial charge in [-0.15, -0.1) is 0 Å². The van der Waals surface area contributed by atoms with Crippen LogP contribution in [0.2, 0.25) is 0 Å². The van der Waals surface area contributed by atoms with Crippen LogP contribution in [0.1, 0.15) is 0 Å². The van der Waals surface area contributed by atoms with E-state index in [0.717, 1.165) is 0 Å². The molecule has 0 amide bonds. The van der Waals surface area contributed by atoms with E-state index in [9.17, 15) is 16.8 Å². The molecule has 0 fully saturated rings. The summed E-state index contributed by atoms with van der Waals surface area (Å²) in [5.74, 6) is 0. The first-order valence-electron chi connectivity index (χ1n) is 3.76. The van der Waals surface area contributed by atoms with Gasteiger partial charge in [0.05, 0.1) is 20.0 Å². The number of hydrogen-bond donors (Lipinski definition) is 0. The number of benzene rings is 1. The molecule has 0 heterocycles. The van der Waals surface area contributed by atoms with Crippen LogP contribution in [-0.2, 0) is 20.0 Å². The molecule has 0 spiro atoms. The standard InChI is InChI=1S/C6H5.C2H6NO4S2.ClH.Sb/c1-2-4-6-5-3-1;1-8(4,5)3-9(2,6)7;;/h1-5H;1-2H3;1H;/q;-1;;/p-1. The fourth-order valence-corrected chi connectivity index (χ4v) is 2.56. The van der Waals surface area contributed by atoms with Gasteiger partial charge in [0.25, 0.3) is 0 Å². The van der Waals surface area contributed by atoms with Crippen LogP contribution >= 0.6 is 0 Å². The van der Waals surface area contributed by atoms with Crippen molar-refractivity contribution in [3.05, 3.63) is 40.5 Å². The van der Waals surface area contributed by atoms with Crippen molar-refractivity contribution in [2.45, 2.75) is 0 Å². The summed E-state index contributed by atoms with van der Waals surface area (Å²) in [6.45, 7) is 0. The van der Waals surface area contributed by atoms with Gasteiger partial charge in [-0.1, -0.05) is 30.3 Å². The number of nitrogens with zero attached hydrogens (tertiary/aromatic N) is 1. The third-order valence-electron chi connectivity index (χ3n) is 0.878. The third-order valence-corrected chi connectivity index (χ3v) is 3.04. The van der Waals surface area contributed by atoms with Gasteiger partial charge in [0, 0.05) is 36.9 Å². The van der Waals surface area contributed by atoms with Crippen LogP contribution in [0.15, 0.2) is 30.3 Å². The molecule has 1 rings (SSSR count). The molecule has 0 saturated heterocycles. The maximum atomic E-state index is 10.1. The molecule has 1 aromatic rings. The number of halogens is 1. The van der Waals surface area contributed by atoms with Crippen molar-refractivity contribution in [3.63, 3.8) is 0 Å². The second kappa shape index (κ2) is 10.1. The van der Waals surface area contributed by atoms with Gasteiger partial charge in [0.15, 0.2) is 0 Å². The summed E-state index contributed by atoms with van der Waals surface area (Å²) in [6.07, 6.45) is 1.43. The van der Waals surface area contributed by atoms with Crippen LogP contribution < -0.4 is 12.4 Å². The average molecular weight is 407 g/mol. The molecule has 0 saturated carbocycles. The van der Waals surface area contributed by atoms with E-state index in [2.05, 4.69) is 10.2 Å². The van der Waals surface area contributed by atoms with Crippen molar-refractivity contribution >= 4 is 44.5 Å². The van der Waals surface area contributed by atoms with Crippen LogP contribution in [0.4, 0.5) is 0 Å². The number of sulfonamides is 2. The van der Waals surface area contributed by atoms with Gasteiger partial charge in [-0.05, 0) is 6.07 Å². The number of rotatable bonds is 2. The second-order valence-corrected chi connectivity index (χ2v) is 6.15. The Balaban J connectivity index is -0.000000216. The van der Waals surface area contributed by atoms with Gasteiger partial charge < -0.3 is 16.5 Å². The molecule has 17 heavy (non-hydrogen) atoms. The molecular formula is C8H11ClNO4S2Sb-2. The Hall–Kier alpha value is 0.188.